The van der Waals surface area contributed by atoms with Gasteiger partial charge in [-0.15, -0.1) is 0 Å². The van der Waals surface area contributed by atoms with E-state index in [-0.39, 0.29) is 11.6 Å². The molecule has 0 aliphatic heterocycles. The fourth-order valence-electron chi connectivity index (χ4n) is 4.88. The number of nitro groups is 2. The van der Waals surface area contributed by atoms with Crippen molar-refractivity contribution in [3.05, 3.63) is 110 Å². The predicted octanol–water partition coefficient (Wildman–Crippen LogP) is 7.21. The van der Waals surface area contributed by atoms with Crippen molar-refractivity contribution < 1.29 is 19.4 Å². The fraction of sp³-hybridized carbons (Fsp3) is 0.355. The van der Waals surface area contributed by atoms with E-state index in [1.54, 1.807) is 30.3 Å². The molecule has 10 heteroatoms. The van der Waals surface area contributed by atoms with Gasteiger partial charge in [0.2, 0.25) is 12.3 Å². The van der Waals surface area contributed by atoms with Crippen LogP contribution in [0, 0.1) is 20.2 Å². The van der Waals surface area contributed by atoms with Crippen LogP contribution in [0.2, 0.25) is 0 Å². The largest absolute Gasteiger partial charge is 0.347 e. The maximum Gasteiger partial charge on any atom is 0.278 e. The van der Waals surface area contributed by atoms with Gasteiger partial charge in [0.25, 0.3) is 11.4 Å². The highest BCUT2D eigenvalue weighted by atomic mass is 16.6. The summed E-state index contributed by atoms with van der Waals surface area (Å²) in [6, 6.07) is 19.5. The third-order valence-corrected chi connectivity index (χ3v) is 6.96. The Morgan fingerprint density at radius 3 is 1.83 bits per heavy atom. The lowest BCUT2D eigenvalue weighted by molar-refractivity contribution is -0.394. The second-order valence-electron chi connectivity index (χ2n) is 9.92. The molecular weight excluding hydrogens is 524 g/mol. The van der Waals surface area contributed by atoms with Crippen molar-refractivity contribution in [3.63, 3.8) is 0 Å². The van der Waals surface area contributed by atoms with Gasteiger partial charge in [-0.25, -0.2) is 0 Å². The molecule has 216 valence electrons. The summed E-state index contributed by atoms with van der Waals surface area (Å²) in [5.41, 5.74) is 0.274. The first-order valence-electron chi connectivity index (χ1n) is 13.9. The van der Waals surface area contributed by atoms with E-state index in [0.717, 1.165) is 43.9 Å². The smallest absolute Gasteiger partial charge is 0.278 e. The van der Waals surface area contributed by atoms with Gasteiger partial charge >= 0.3 is 0 Å². The van der Waals surface area contributed by atoms with E-state index in [1.165, 1.54) is 24.2 Å². The first kappa shape index (κ1) is 30.9. The summed E-state index contributed by atoms with van der Waals surface area (Å²) in [7, 11) is 0. The highest BCUT2D eigenvalue weighted by Gasteiger charge is 2.33. The molecule has 10 nitrogen and oxygen atoms in total. The van der Waals surface area contributed by atoms with Crippen LogP contribution in [-0.2, 0) is 9.59 Å². The van der Waals surface area contributed by atoms with Crippen molar-refractivity contribution in [2.75, 3.05) is 4.90 Å². The number of hydrogen-bond acceptors (Lipinski definition) is 6. The van der Waals surface area contributed by atoms with Gasteiger partial charge < -0.3 is 10.2 Å². The summed E-state index contributed by atoms with van der Waals surface area (Å²) in [5, 5.41) is 26.3. The van der Waals surface area contributed by atoms with E-state index in [1.807, 2.05) is 30.3 Å². The van der Waals surface area contributed by atoms with Crippen molar-refractivity contribution in [2.24, 2.45) is 0 Å². The molecule has 0 aliphatic carbocycles. The molecule has 0 heterocycles. The van der Waals surface area contributed by atoms with Crippen LogP contribution in [-0.4, -0.2) is 22.2 Å². The zero-order valence-corrected chi connectivity index (χ0v) is 23.2. The minimum absolute atomic E-state index is 0.0305. The lowest BCUT2D eigenvalue weighted by Crippen LogP contribution is -2.40. The average molecular weight is 561 g/mol. The summed E-state index contributed by atoms with van der Waals surface area (Å²) in [6.45, 7) is 2.17. The van der Waals surface area contributed by atoms with Gasteiger partial charge in [-0.1, -0.05) is 106 Å². The van der Waals surface area contributed by atoms with Crippen LogP contribution in [0.4, 0.5) is 17.1 Å². The lowest BCUT2D eigenvalue weighted by Gasteiger charge is -2.36. The third-order valence-electron chi connectivity index (χ3n) is 6.96. The van der Waals surface area contributed by atoms with Gasteiger partial charge in [-0.2, -0.15) is 0 Å². The molecule has 0 radical (unpaired) electrons. The standard InChI is InChI=1S/C31H36N4O6/c1-2-3-4-5-6-7-14-19-29(37)32-30(24-15-10-8-11-16-24)31(25-17-12-9-13-18-25)33(23-36)26-20-27(34(38)39)22-28(21-26)35(40)41/h8-13,15-18,20-23,30-31H,2-7,14,19H2,1H3,(H,32,37). The number of unbranched alkanes of at least 4 members (excludes halogenated alkanes) is 6. The fourth-order valence-corrected chi connectivity index (χ4v) is 4.88. The number of non-ortho nitro benzene ring substituents is 2. The van der Waals surface area contributed by atoms with Crippen LogP contribution in [0.15, 0.2) is 78.9 Å². The molecule has 3 aromatic rings. The van der Waals surface area contributed by atoms with Crippen molar-refractivity contribution >= 4 is 29.4 Å². The van der Waals surface area contributed by atoms with Crippen LogP contribution in [0.5, 0.6) is 0 Å². The normalized spacial score (nSPS) is 12.2. The summed E-state index contributed by atoms with van der Waals surface area (Å²) in [6.07, 6.45) is 8.23. The van der Waals surface area contributed by atoms with Gasteiger partial charge in [-0.3, -0.25) is 29.8 Å². The monoisotopic (exact) mass is 560 g/mol. The topological polar surface area (TPSA) is 136 Å². The van der Waals surface area contributed by atoms with Gasteiger partial charge in [-0.05, 0) is 17.5 Å². The zero-order valence-electron chi connectivity index (χ0n) is 23.2. The molecule has 3 rings (SSSR count). The highest BCUT2D eigenvalue weighted by molar-refractivity contribution is 5.81. The summed E-state index contributed by atoms with van der Waals surface area (Å²) < 4.78 is 0. The van der Waals surface area contributed by atoms with Crippen molar-refractivity contribution in [3.8, 4) is 0 Å². The molecule has 0 saturated heterocycles. The Bertz CT molecular complexity index is 1270. The van der Waals surface area contributed by atoms with Crippen molar-refractivity contribution in [2.45, 2.75) is 70.4 Å². The predicted molar refractivity (Wildman–Crippen MR) is 157 cm³/mol. The number of nitrogens with one attached hydrogen (secondary N) is 1. The summed E-state index contributed by atoms with van der Waals surface area (Å²) >= 11 is 0. The molecule has 0 saturated carbocycles. The number of anilines is 1. The number of rotatable bonds is 17. The number of carbonyl (C=O) groups is 2. The molecule has 0 aliphatic rings. The first-order valence-corrected chi connectivity index (χ1v) is 13.9. The van der Waals surface area contributed by atoms with Crippen LogP contribution in [0.25, 0.3) is 0 Å². The van der Waals surface area contributed by atoms with E-state index >= 15 is 0 Å². The lowest BCUT2D eigenvalue weighted by atomic mass is 9.91. The van der Waals surface area contributed by atoms with Crippen molar-refractivity contribution in [1.82, 2.24) is 5.32 Å². The molecule has 0 spiro atoms. The molecule has 0 aromatic heterocycles. The van der Waals surface area contributed by atoms with E-state index in [0.29, 0.717) is 24.0 Å². The SMILES string of the molecule is CCCCCCCCCC(=O)NC(c1ccccc1)C(c1ccccc1)N(C=O)c1cc([N+](=O)[O-])cc([N+](=O)[O-])c1. The van der Waals surface area contributed by atoms with Crippen LogP contribution in [0.3, 0.4) is 0 Å². The van der Waals surface area contributed by atoms with E-state index in [2.05, 4.69) is 12.2 Å². The minimum Gasteiger partial charge on any atom is -0.347 e. The number of carbonyl (C=O) groups excluding carboxylic acids is 2. The molecule has 41 heavy (non-hydrogen) atoms. The second kappa shape index (κ2) is 15.9. The quantitative estimate of drug-likeness (QED) is 0.0802. The molecule has 1 N–H and O–H groups in total. The molecule has 2 amide bonds. The van der Waals surface area contributed by atoms with Crippen molar-refractivity contribution in [1.29, 1.82) is 0 Å². The number of benzene rings is 3. The Hall–Kier alpha value is -4.60. The van der Waals surface area contributed by atoms with Gasteiger partial charge in [0.15, 0.2) is 0 Å². The number of hydrogen-bond donors (Lipinski definition) is 1. The maximum absolute atomic E-state index is 13.2. The molecule has 2 atom stereocenters. The molecule has 0 fully saturated rings. The Morgan fingerprint density at radius 1 is 0.805 bits per heavy atom. The Labute approximate surface area is 239 Å². The molecule has 3 aromatic carbocycles. The van der Waals surface area contributed by atoms with Crippen LogP contribution >= 0.6 is 0 Å². The van der Waals surface area contributed by atoms with Gasteiger partial charge in [0.1, 0.15) is 0 Å². The maximum atomic E-state index is 13.2. The van der Waals surface area contributed by atoms with Gasteiger partial charge in [0.05, 0.1) is 33.7 Å². The van der Waals surface area contributed by atoms with E-state index < -0.39 is 33.3 Å². The minimum atomic E-state index is -0.865. The number of nitro benzene ring substituents is 2. The Kier molecular flexibility index (Phi) is 12.0. The Morgan fingerprint density at radius 2 is 1.32 bits per heavy atom. The molecule has 2 unspecified atom stereocenters. The Balaban J connectivity index is 2.00. The van der Waals surface area contributed by atoms with E-state index in [9.17, 15) is 29.8 Å². The van der Waals surface area contributed by atoms with E-state index in [4.69, 9.17) is 0 Å². The third kappa shape index (κ3) is 8.96. The second-order valence-corrected chi connectivity index (χ2v) is 9.92. The molecule has 0 bridgehead atoms. The molecular formula is C31H36N4O6. The van der Waals surface area contributed by atoms with Gasteiger partial charge in [0, 0.05) is 18.6 Å². The van der Waals surface area contributed by atoms with Crippen LogP contribution < -0.4 is 10.2 Å². The highest BCUT2D eigenvalue weighted by Crippen LogP contribution is 2.39. The summed E-state index contributed by atoms with van der Waals surface area (Å²) in [5.74, 6) is -0.191. The average Bonchev–Trinajstić information content (AvgIpc) is 2.99. The first-order chi connectivity index (χ1) is 19.8. The summed E-state index contributed by atoms with van der Waals surface area (Å²) in [4.78, 5) is 48.9. The zero-order chi connectivity index (χ0) is 29.6. The number of amides is 2. The number of nitrogens with zero attached hydrogens (tertiary/aromatic N) is 3. The van der Waals surface area contributed by atoms with Crippen LogP contribution in [0.1, 0.15) is 81.5 Å².